The highest BCUT2D eigenvalue weighted by Crippen LogP contribution is 2.35. The summed E-state index contributed by atoms with van der Waals surface area (Å²) >= 11 is 0. The summed E-state index contributed by atoms with van der Waals surface area (Å²) in [5.41, 5.74) is 2.46. The lowest BCUT2D eigenvalue weighted by Gasteiger charge is -2.25. The van der Waals surface area contributed by atoms with E-state index in [9.17, 15) is 4.79 Å². The third-order valence-electron chi connectivity index (χ3n) is 4.67. The van der Waals surface area contributed by atoms with E-state index >= 15 is 0 Å². The number of nitrogens with zero attached hydrogens (tertiary/aromatic N) is 4. The van der Waals surface area contributed by atoms with Gasteiger partial charge < -0.3 is 5.32 Å². The monoisotopic (exact) mass is 325 g/mol. The summed E-state index contributed by atoms with van der Waals surface area (Å²) in [5, 5.41) is 3.06. The molecule has 2 atom stereocenters. The lowest BCUT2D eigenvalue weighted by atomic mass is 9.94. The van der Waals surface area contributed by atoms with Crippen molar-refractivity contribution in [2.24, 2.45) is 5.92 Å². The number of carbonyl (C=O) groups is 1. The van der Waals surface area contributed by atoms with Gasteiger partial charge in [-0.05, 0) is 51.4 Å². The van der Waals surface area contributed by atoms with Crippen LogP contribution in [0.3, 0.4) is 0 Å². The molecule has 0 aromatic carbocycles. The topological polar surface area (TPSA) is 71.0 Å². The molecule has 24 heavy (non-hydrogen) atoms. The van der Waals surface area contributed by atoms with Crippen LogP contribution in [-0.2, 0) is 0 Å². The van der Waals surface area contributed by atoms with Crippen molar-refractivity contribution in [3.05, 3.63) is 53.4 Å². The number of aromatic nitrogens is 3. The second kappa shape index (κ2) is 7.05. The molecule has 0 aliphatic carbocycles. The first-order chi connectivity index (χ1) is 11.6. The fraction of sp³-hybridized carbons (Fsp3) is 0.444. The van der Waals surface area contributed by atoms with E-state index in [0.29, 0.717) is 29.5 Å². The van der Waals surface area contributed by atoms with Crippen molar-refractivity contribution in [1.82, 2.24) is 25.2 Å². The third kappa shape index (κ3) is 3.43. The van der Waals surface area contributed by atoms with Crippen LogP contribution in [0.1, 0.15) is 39.9 Å². The molecule has 2 aromatic heterocycles. The van der Waals surface area contributed by atoms with Crippen LogP contribution in [-0.4, -0.2) is 45.9 Å². The first kappa shape index (κ1) is 16.5. The molecule has 1 aliphatic heterocycles. The normalized spacial score (nSPS) is 21.0. The molecule has 0 unspecified atom stereocenters. The molecule has 6 nitrogen and oxygen atoms in total. The van der Waals surface area contributed by atoms with Crippen LogP contribution in [0.5, 0.6) is 0 Å². The van der Waals surface area contributed by atoms with Gasteiger partial charge in [-0.3, -0.25) is 14.7 Å². The van der Waals surface area contributed by atoms with Gasteiger partial charge in [0.2, 0.25) is 0 Å². The van der Waals surface area contributed by atoms with E-state index < -0.39 is 0 Å². The number of amides is 1. The quantitative estimate of drug-likeness (QED) is 0.930. The predicted molar refractivity (Wildman–Crippen MR) is 91.6 cm³/mol. The zero-order chi connectivity index (χ0) is 17.1. The Labute approximate surface area is 142 Å². The second-order valence-electron chi connectivity index (χ2n) is 6.39. The van der Waals surface area contributed by atoms with Gasteiger partial charge in [-0.25, -0.2) is 9.97 Å². The summed E-state index contributed by atoms with van der Waals surface area (Å²) in [7, 11) is 2.12. The van der Waals surface area contributed by atoms with Crippen molar-refractivity contribution in [1.29, 1.82) is 0 Å². The average molecular weight is 325 g/mol. The highest BCUT2D eigenvalue weighted by Gasteiger charge is 2.33. The molecule has 3 heterocycles. The molecular formula is C18H23N5O. The second-order valence-corrected chi connectivity index (χ2v) is 6.39. The van der Waals surface area contributed by atoms with Crippen LogP contribution in [0.4, 0.5) is 0 Å². The number of carbonyl (C=O) groups excluding carboxylic acids is 1. The van der Waals surface area contributed by atoms with Crippen LogP contribution in [0.25, 0.3) is 0 Å². The summed E-state index contributed by atoms with van der Waals surface area (Å²) in [6.45, 7) is 5.32. The highest BCUT2D eigenvalue weighted by molar-refractivity contribution is 5.94. The first-order valence-corrected chi connectivity index (χ1v) is 8.25. The van der Waals surface area contributed by atoms with Crippen molar-refractivity contribution in [2.45, 2.75) is 26.3 Å². The van der Waals surface area contributed by atoms with Crippen molar-refractivity contribution >= 4 is 5.91 Å². The Morgan fingerprint density at radius 2 is 2.21 bits per heavy atom. The smallest absolute Gasteiger partial charge is 0.254 e. The molecule has 1 N–H and O–H groups in total. The zero-order valence-corrected chi connectivity index (χ0v) is 14.4. The summed E-state index contributed by atoms with van der Waals surface area (Å²) < 4.78 is 0. The lowest BCUT2D eigenvalue weighted by molar-refractivity contribution is 0.0942. The highest BCUT2D eigenvalue weighted by atomic mass is 16.1. The standard InChI is InChI=1S/C18H23N5O/c1-12-16(11-20-13(2)22-12)18(24)21-10-15-6-8-23(3)17(15)14-5-4-7-19-9-14/h4-5,7,9,11,15,17H,6,8,10H2,1-3H3,(H,21,24)/t15-,17-/m0/s1. The summed E-state index contributed by atoms with van der Waals surface area (Å²) in [6, 6.07) is 4.35. The van der Waals surface area contributed by atoms with Gasteiger partial charge in [-0.1, -0.05) is 6.07 Å². The van der Waals surface area contributed by atoms with Crippen molar-refractivity contribution in [3.8, 4) is 0 Å². The molecule has 0 saturated carbocycles. The number of pyridine rings is 1. The molecule has 1 fully saturated rings. The number of rotatable bonds is 4. The summed E-state index contributed by atoms with van der Waals surface area (Å²) in [5.74, 6) is 0.944. The minimum absolute atomic E-state index is 0.105. The Morgan fingerprint density at radius 3 is 2.92 bits per heavy atom. The number of hydrogen-bond acceptors (Lipinski definition) is 5. The Morgan fingerprint density at radius 1 is 1.38 bits per heavy atom. The first-order valence-electron chi connectivity index (χ1n) is 8.25. The van der Waals surface area contributed by atoms with Crippen LogP contribution < -0.4 is 5.32 Å². The lowest BCUT2D eigenvalue weighted by Crippen LogP contribution is -2.33. The van der Waals surface area contributed by atoms with Gasteiger partial charge in [0.15, 0.2) is 0 Å². The maximum absolute atomic E-state index is 12.4. The maximum atomic E-state index is 12.4. The van der Waals surface area contributed by atoms with Gasteiger partial charge >= 0.3 is 0 Å². The minimum atomic E-state index is -0.105. The largest absolute Gasteiger partial charge is 0.352 e. The Kier molecular flexibility index (Phi) is 4.85. The molecule has 6 heteroatoms. The molecule has 1 amide bonds. The fourth-order valence-electron chi connectivity index (χ4n) is 3.44. The molecule has 0 radical (unpaired) electrons. The van der Waals surface area contributed by atoms with E-state index in [0.717, 1.165) is 13.0 Å². The van der Waals surface area contributed by atoms with Crippen LogP contribution in [0, 0.1) is 19.8 Å². The van der Waals surface area contributed by atoms with Gasteiger partial charge in [0, 0.05) is 31.2 Å². The van der Waals surface area contributed by atoms with Crippen molar-refractivity contribution < 1.29 is 4.79 Å². The maximum Gasteiger partial charge on any atom is 0.254 e. The van der Waals surface area contributed by atoms with E-state index in [1.54, 1.807) is 12.4 Å². The number of nitrogens with one attached hydrogen (secondary N) is 1. The number of hydrogen-bond donors (Lipinski definition) is 1. The van der Waals surface area contributed by atoms with E-state index in [1.165, 1.54) is 5.56 Å². The van der Waals surface area contributed by atoms with Gasteiger partial charge in [0.1, 0.15) is 5.82 Å². The van der Waals surface area contributed by atoms with Crippen molar-refractivity contribution in [3.63, 3.8) is 0 Å². The predicted octanol–water partition coefficient (Wildman–Crippen LogP) is 1.91. The third-order valence-corrected chi connectivity index (χ3v) is 4.67. The molecule has 1 saturated heterocycles. The van der Waals surface area contributed by atoms with E-state index in [1.807, 2.05) is 26.1 Å². The summed E-state index contributed by atoms with van der Waals surface area (Å²) in [6.07, 6.45) is 6.36. The van der Waals surface area contributed by atoms with E-state index in [4.69, 9.17) is 0 Å². The molecule has 0 spiro atoms. The SMILES string of the molecule is Cc1ncc(C(=O)NC[C@@H]2CCN(C)[C@H]2c2cccnc2)c(C)n1. The zero-order valence-electron chi connectivity index (χ0n) is 14.4. The van der Waals surface area contributed by atoms with E-state index in [2.05, 4.69) is 38.3 Å². The molecule has 0 bridgehead atoms. The van der Waals surface area contributed by atoms with Gasteiger partial charge in [-0.2, -0.15) is 0 Å². The number of aryl methyl sites for hydroxylation is 2. The van der Waals surface area contributed by atoms with Gasteiger partial charge in [0.05, 0.1) is 11.3 Å². The number of likely N-dealkylation sites (tertiary alicyclic amines) is 1. The van der Waals surface area contributed by atoms with Crippen LogP contribution >= 0.6 is 0 Å². The Bertz CT molecular complexity index is 719. The molecule has 126 valence electrons. The molecule has 3 rings (SSSR count). The van der Waals surface area contributed by atoms with Gasteiger partial charge in [0.25, 0.3) is 5.91 Å². The Balaban J connectivity index is 1.68. The fourth-order valence-corrected chi connectivity index (χ4v) is 3.44. The Hall–Kier alpha value is -2.34. The van der Waals surface area contributed by atoms with Crippen LogP contribution in [0.15, 0.2) is 30.7 Å². The summed E-state index contributed by atoms with van der Waals surface area (Å²) in [4.78, 5) is 27.4. The van der Waals surface area contributed by atoms with Crippen molar-refractivity contribution in [2.75, 3.05) is 20.1 Å². The minimum Gasteiger partial charge on any atom is -0.352 e. The average Bonchev–Trinajstić information content (AvgIpc) is 2.94. The molecule has 2 aromatic rings. The van der Waals surface area contributed by atoms with E-state index in [-0.39, 0.29) is 11.9 Å². The molecule has 1 aliphatic rings. The van der Waals surface area contributed by atoms with Gasteiger partial charge in [-0.15, -0.1) is 0 Å². The van der Waals surface area contributed by atoms with Crippen LogP contribution in [0.2, 0.25) is 0 Å². The molecular weight excluding hydrogens is 302 g/mol.